The molecule has 2 rings (SSSR count). The van der Waals surface area contributed by atoms with Crippen molar-refractivity contribution in [2.24, 2.45) is 0 Å². The highest BCUT2D eigenvalue weighted by molar-refractivity contribution is 7.89. The molecule has 0 radical (unpaired) electrons. The molecule has 0 N–H and O–H groups in total. The summed E-state index contributed by atoms with van der Waals surface area (Å²) in [6.07, 6.45) is 0.667. The standard InChI is InChI=1S/C16H23N3O2S/c1-5-19-14(3)16(13(2)17-19)11-12-18(4)22(20,21)15-9-7-6-8-10-15/h6-10H,5,11-12H2,1-4H3. The molecule has 0 aliphatic rings. The molecule has 0 saturated heterocycles. The van der Waals surface area contributed by atoms with E-state index in [9.17, 15) is 8.42 Å². The molecule has 0 bridgehead atoms. The molecule has 0 aliphatic heterocycles. The van der Waals surface area contributed by atoms with Crippen LogP contribution < -0.4 is 0 Å². The van der Waals surface area contributed by atoms with Gasteiger partial charge in [-0.25, -0.2) is 12.7 Å². The first-order valence-electron chi connectivity index (χ1n) is 7.42. The summed E-state index contributed by atoms with van der Waals surface area (Å²) < 4.78 is 28.3. The van der Waals surface area contributed by atoms with Crippen molar-refractivity contribution in [1.29, 1.82) is 0 Å². The average Bonchev–Trinajstić information content (AvgIpc) is 2.79. The van der Waals surface area contributed by atoms with Gasteiger partial charge in [-0.05, 0) is 44.9 Å². The van der Waals surface area contributed by atoms with Gasteiger partial charge in [-0.15, -0.1) is 0 Å². The minimum absolute atomic E-state index is 0.329. The Morgan fingerprint density at radius 3 is 2.36 bits per heavy atom. The van der Waals surface area contributed by atoms with Crippen LogP contribution in [0.2, 0.25) is 0 Å². The van der Waals surface area contributed by atoms with E-state index < -0.39 is 10.0 Å². The Morgan fingerprint density at radius 1 is 1.18 bits per heavy atom. The van der Waals surface area contributed by atoms with E-state index in [1.54, 1.807) is 31.3 Å². The number of likely N-dealkylation sites (N-methyl/N-ethyl adjacent to an activating group) is 1. The third kappa shape index (κ3) is 3.23. The molecular formula is C16H23N3O2S. The van der Waals surface area contributed by atoms with Crippen molar-refractivity contribution in [3.8, 4) is 0 Å². The van der Waals surface area contributed by atoms with Gasteiger partial charge in [0.15, 0.2) is 0 Å². The molecule has 1 aromatic carbocycles. The number of hydrogen-bond acceptors (Lipinski definition) is 3. The number of aromatic nitrogens is 2. The van der Waals surface area contributed by atoms with Crippen molar-refractivity contribution in [3.05, 3.63) is 47.3 Å². The maximum atomic E-state index is 12.5. The van der Waals surface area contributed by atoms with Crippen LogP contribution in [0.25, 0.3) is 0 Å². The lowest BCUT2D eigenvalue weighted by Crippen LogP contribution is -2.29. The Bertz CT molecular complexity index is 736. The lowest BCUT2D eigenvalue weighted by Gasteiger charge is -2.17. The highest BCUT2D eigenvalue weighted by Crippen LogP contribution is 2.17. The lowest BCUT2D eigenvalue weighted by molar-refractivity contribution is 0.472. The molecule has 1 aromatic heterocycles. The zero-order chi connectivity index (χ0) is 16.3. The number of sulfonamides is 1. The summed E-state index contributed by atoms with van der Waals surface area (Å²) in [4.78, 5) is 0.329. The summed E-state index contributed by atoms with van der Waals surface area (Å²) in [7, 11) is -1.81. The fourth-order valence-corrected chi connectivity index (χ4v) is 3.76. The van der Waals surface area contributed by atoms with Gasteiger partial charge < -0.3 is 0 Å². The van der Waals surface area contributed by atoms with E-state index in [2.05, 4.69) is 12.0 Å². The van der Waals surface area contributed by atoms with Crippen LogP contribution >= 0.6 is 0 Å². The van der Waals surface area contributed by atoms with Gasteiger partial charge in [-0.2, -0.15) is 5.10 Å². The topological polar surface area (TPSA) is 55.2 Å². The van der Waals surface area contributed by atoms with E-state index in [0.717, 1.165) is 23.5 Å². The molecule has 0 saturated carbocycles. The molecule has 0 fully saturated rings. The van der Waals surface area contributed by atoms with Gasteiger partial charge in [0, 0.05) is 25.8 Å². The van der Waals surface area contributed by atoms with Gasteiger partial charge >= 0.3 is 0 Å². The fourth-order valence-electron chi connectivity index (χ4n) is 2.57. The third-order valence-electron chi connectivity index (χ3n) is 3.96. The number of aryl methyl sites for hydroxylation is 2. The molecule has 22 heavy (non-hydrogen) atoms. The van der Waals surface area contributed by atoms with Crippen molar-refractivity contribution < 1.29 is 8.42 Å². The van der Waals surface area contributed by atoms with Gasteiger partial charge in [-0.3, -0.25) is 4.68 Å². The van der Waals surface area contributed by atoms with Crippen LogP contribution in [0, 0.1) is 13.8 Å². The second-order valence-electron chi connectivity index (χ2n) is 5.35. The Balaban J connectivity index is 2.14. The Hall–Kier alpha value is -1.66. The maximum Gasteiger partial charge on any atom is 0.242 e. The van der Waals surface area contributed by atoms with Gasteiger partial charge in [-0.1, -0.05) is 18.2 Å². The number of nitrogens with zero attached hydrogens (tertiary/aromatic N) is 3. The van der Waals surface area contributed by atoms with Gasteiger partial charge in [0.1, 0.15) is 0 Å². The summed E-state index contributed by atoms with van der Waals surface area (Å²) in [5.41, 5.74) is 3.23. The van der Waals surface area contributed by atoms with E-state index in [1.807, 2.05) is 24.6 Å². The van der Waals surface area contributed by atoms with Crippen LogP contribution in [0.1, 0.15) is 23.9 Å². The molecule has 2 aromatic rings. The molecule has 0 atom stereocenters. The van der Waals surface area contributed by atoms with Crippen LogP contribution in [0.4, 0.5) is 0 Å². The van der Waals surface area contributed by atoms with E-state index >= 15 is 0 Å². The Morgan fingerprint density at radius 2 is 1.82 bits per heavy atom. The van der Waals surface area contributed by atoms with Crippen LogP contribution in [-0.4, -0.2) is 36.1 Å². The normalized spacial score (nSPS) is 12.0. The Labute approximate surface area is 132 Å². The van der Waals surface area contributed by atoms with E-state index in [-0.39, 0.29) is 0 Å². The van der Waals surface area contributed by atoms with Crippen molar-refractivity contribution in [3.63, 3.8) is 0 Å². The van der Waals surface area contributed by atoms with Gasteiger partial charge in [0.25, 0.3) is 0 Å². The maximum absolute atomic E-state index is 12.5. The largest absolute Gasteiger partial charge is 0.270 e. The molecule has 0 spiro atoms. The second-order valence-corrected chi connectivity index (χ2v) is 7.40. The molecule has 0 amide bonds. The summed E-state index contributed by atoms with van der Waals surface area (Å²) in [6.45, 7) is 7.32. The van der Waals surface area contributed by atoms with Crippen LogP contribution in [0.3, 0.4) is 0 Å². The number of benzene rings is 1. The third-order valence-corrected chi connectivity index (χ3v) is 5.83. The average molecular weight is 321 g/mol. The molecule has 120 valence electrons. The molecule has 6 heteroatoms. The quantitative estimate of drug-likeness (QED) is 0.821. The number of hydrogen-bond donors (Lipinski definition) is 0. The van der Waals surface area contributed by atoms with Gasteiger partial charge in [0.05, 0.1) is 10.6 Å². The van der Waals surface area contributed by atoms with Crippen molar-refractivity contribution in [2.75, 3.05) is 13.6 Å². The first kappa shape index (κ1) is 16.7. The summed E-state index contributed by atoms with van der Waals surface area (Å²) in [6, 6.07) is 8.53. The van der Waals surface area contributed by atoms with Crippen LogP contribution in [-0.2, 0) is 23.0 Å². The minimum atomic E-state index is -3.43. The van der Waals surface area contributed by atoms with E-state index in [4.69, 9.17) is 0 Å². The first-order valence-corrected chi connectivity index (χ1v) is 8.86. The molecule has 0 aliphatic carbocycles. The molecule has 5 nitrogen and oxygen atoms in total. The highest BCUT2D eigenvalue weighted by Gasteiger charge is 2.21. The summed E-state index contributed by atoms with van der Waals surface area (Å²) >= 11 is 0. The zero-order valence-electron chi connectivity index (χ0n) is 13.6. The lowest BCUT2D eigenvalue weighted by atomic mass is 10.1. The van der Waals surface area contributed by atoms with Crippen LogP contribution in [0.15, 0.2) is 35.2 Å². The smallest absolute Gasteiger partial charge is 0.242 e. The SMILES string of the molecule is CCn1nc(C)c(CCN(C)S(=O)(=O)c2ccccc2)c1C. The predicted octanol–water partition coefficient (Wildman–Crippen LogP) is 2.38. The van der Waals surface area contributed by atoms with Gasteiger partial charge in [0.2, 0.25) is 10.0 Å². The predicted molar refractivity (Wildman–Crippen MR) is 87.3 cm³/mol. The minimum Gasteiger partial charge on any atom is -0.270 e. The van der Waals surface area contributed by atoms with E-state index in [1.165, 1.54) is 4.31 Å². The molecule has 0 unspecified atom stereocenters. The van der Waals surface area contributed by atoms with Crippen LogP contribution in [0.5, 0.6) is 0 Å². The van der Waals surface area contributed by atoms with E-state index in [0.29, 0.717) is 17.9 Å². The Kier molecular flexibility index (Phi) is 5.03. The van der Waals surface area contributed by atoms with Crippen molar-refractivity contribution in [2.45, 2.75) is 38.6 Å². The monoisotopic (exact) mass is 321 g/mol. The second kappa shape index (κ2) is 6.62. The fraction of sp³-hybridized carbons (Fsp3) is 0.438. The highest BCUT2D eigenvalue weighted by atomic mass is 32.2. The summed E-state index contributed by atoms with van der Waals surface area (Å²) in [5, 5.41) is 4.48. The summed E-state index contributed by atoms with van der Waals surface area (Å²) in [5.74, 6) is 0. The molecular weight excluding hydrogens is 298 g/mol. The molecule has 1 heterocycles. The van der Waals surface area contributed by atoms with Crippen molar-refractivity contribution >= 4 is 10.0 Å². The first-order chi connectivity index (χ1) is 10.4. The van der Waals surface area contributed by atoms with Crippen molar-refractivity contribution in [1.82, 2.24) is 14.1 Å². The zero-order valence-corrected chi connectivity index (χ0v) is 14.4. The number of rotatable bonds is 6.